The Hall–Kier alpha value is -2.95. The standard InChI is InChI=1S/C17H12BrF3N4O3/c1-27-16(26)10-2-7-14(13(18)8-10)28-9-15-22-23-24-25(15)12-5-3-11(4-6-12)17(19,20)21/h2-8H,9H2,1H3. The van der Waals surface area contributed by atoms with Gasteiger partial charge in [0.2, 0.25) is 0 Å². The monoisotopic (exact) mass is 456 g/mol. The number of halogens is 4. The molecule has 0 saturated heterocycles. The zero-order valence-corrected chi connectivity index (χ0v) is 15.9. The number of nitrogens with zero attached hydrogens (tertiary/aromatic N) is 4. The van der Waals surface area contributed by atoms with Gasteiger partial charge >= 0.3 is 12.1 Å². The van der Waals surface area contributed by atoms with Gasteiger partial charge in [0.15, 0.2) is 5.82 Å². The molecule has 11 heteroatoms. The average molecular weight is 457 g/mol. The molecule has 0 atom stereocenters. The third-order valence-corrected chi connectivity index (χ3v) is 4.30. The van der Waals surface area contributed by atoms with E-state index in [0.29, 0.717) is 21.5 Å². The molecule has 0 unspecified atom stereocenters. The van der Waals surface area contributed by atoms with Crippen LogP contribution in [0.3, 0.4) is 0 Å². The van der Waals surface area contributed by atoms with E-state index in [2.05, 4.69) is 36.2 Å². The minimum atomic E-state index is -4.42. The molecule has 7 nitrogen and oxygen atoms in total. The summed E-state index contributed by atoms with van der Waals surface area (Å²) < 4.78 is 50.1. The van der Waals surface area contributed by atoms with Crippen LogP contribution in [0.25, 0.3) is 5.69 Å². The number of tetrazole rings is 1. The third kappa shape index (κ3) is 4.30. The number of hydrogen-bond donors (Lipinski definition) is 0. The molecule has 0 fully saturated rings. The maximum atomic E-state index is 12.7. The fourth-order valence-corrected chi connectivity index (χ4v) is 2.79. The quantitative estimate of drug-likeness (QED) is 0.543. The largest absolute Gasteiger partial charge is 0.484 e. The van der Waals surface area contributed by atoms with Crippen molar-refractivity contribution in [3.63, 3.8) is 0 Å². The van der Waals surface area contributed by atoms with Gasteiger partial charge in [-0.3, -0.25) is 0 Å². The van der Waals surface area contributed by atoms with Gasteiger partial charge in [0.1, 0.15) is 12.4 Å². The zero-order chi connectivity index (χ0) is 20.3. The van der Waals surface area contributed by atoms with Gasteiger partial charge in [0, 0.05) is 0 Å². The van der Waals surface area contributed by atoms with E-state index in [0.717, 1.165) is 12.1 Å². The van der Waals surface area contributed by atoms with E-state index in [4.69, 9.17) is 4.74 Å². The van der Waals surface area contributed by atoms with Crippen LogP contribution < -0.4 is 4.74 Å². The van der Waals surface area contributed by atoms with Crippen molar-refractivity contribution in [2.24, 2.45) is 0 Å². The van der Waals surface area contributed by atoms with Gasteiger partial charge in [-0.15, -0.1) is 5.10 Å². The molecular weight excluding hydrogens is 445 g/mol. The van der Waals surface area contributed by atoms with Gasteiger partial charge in [-0.05, 0) is 68.8 Å². The van der Waals surface area contributed by atoms with Crippen LogP contribution in [0.15, 0.2) is 46.9 Å². The summed E-state index contributed by atoms with van der Waals surface area (Å²) in [5, 5.41) is 11.2. The normalized spacial score (nSPS) is 11.3. The van der Waals surface area contributed by atoms with Gasteiger partial charge < -0.3 is 9.47 Å². The van der Waals surface area contributed by atoms with Crippen molar-refractivity contribution in [2.75, 3.05) is 7.11 Å². The fourth-order valence-electron chi connectivity index (χ4n) is 2.29. The van der Waals surface area contributed by atoms with Crippen LogP contribution in [0.4, 0.5) is 13.2 Å². The van der Waals surface area contributed by atoms with Crippen molar-refractivity contribution < 1.29 is 27.4 Å². The Kier molecular flexibility index (Phi) is 5.63. The maximum Gasteiger partial charge on any atom is 0.416 e. The molecule has 1 aromatic heterocycles. The predicted molar refractivity (Wildman–Crippen MR) is 94.0 cm³/mol. The highest BCUT2D eigenvalue weighted by Crippen LogP contribution is 2.30. The lowest BCUT2D eigenvalue weighted by Crippen LogP contribution is -2.09. The number of alkyl halides is 3. The number of methoxy groups -OCH3 is 1. The Bertz CT molecular complexity index is 990. The molecule has 2 aromatic carbocycles. The van der Waals surface area contributed by atoms with Crippen molar-refractivity contribution in [1.82, 2.24) is 20.2 Å². The number of aromatic nitrogens is 4. The van der Waals surface area contributed by atoms with Crippen molar-refractivity contribution in [3.8, 4) is 11.4 Å². The number of rotatable bonds is 5. The molecule has 1 heterocycles. The number of hydrogen-bond acceptors (Lipinski definition) is 6. The molecule has 3 aromatic rings. The lowest BCUT2D eigenvalue weighted by atomic mass is 10.2. The molecule has 0 aliphatic heterocycles. The molecule has 28 heavy (non-hydrogen) atoms. The van der Waals surface area contributed by atoms with Crippen LogP contribution in [0.5, 0.6) is 5.75 Å². The van der Waals surface area contributed by atoms with Crippen LogP contribution in [0, 0.1) is 0 Å². The van der Waals surface area contributed by atoms with E-state index in [1.807, 2.05) is 0 Å². The summed E-state index contributed by atoms with van der Waals surface area (Å²) in [6.07, 6.45) is -4.42. The summed E-state index contributed by atoms with van der Waals surface area (Å²) in [6, 6.07) is 9.08. The van der Waals surface area contributed by atoms with Gasteiger partial charge in [-0.1, -0.05) is 0 Å². The SMILES string of the molecule is COC(=O)c1ccc(OCc2nnnn2-c2ccc(C(F)(F)F)cc2)c(Br)c1. The molecule has 0 N–H and O–H groups in total. The third-order valence-electron chi connectivity index (χ3n) is 3.68. The highest BCUT2D eigenvalue weighted by Gasteiger charge is 2.30. The number of carbonyl (C=O) groups excluding carboxylic acids is 1. The molecule has 0 amide bonds. The van der Waals surface area contributed by atoms with Crippen molar-refractivity contribution in [2.45, 2.75) is 12.8 Å². The first-order valence-electron chi connectivity index (χ1n) is 7.75. The zero-order valence-electron chi connectivity index (χ0n) is 14.3. The van der Waals surface area contributed by atoms with E-state index >= 15 is 0 Å². The van der Waals surface area contributed by atoms with Crippen molar-refractivity contribution in [3.05, 3.63) is 63.9 Å². The Morgan fingerprint density at radius 1 is 1.18 bits per heavy atom. The second-order valence-electron chi connectivity index (χ2n) is 5.48. The van der Waals surface area contributed by atoms with Crippen LogP contribution >= 0.6 is 15.9 Å². The minimum Gasteiger partial charge on any atom is -0.484 e. The molecule has 0 bridgehead atoms. The summed E-state index contributed by atoms with van der Waals surface area (Å²) in [4.78, 5) is 11.5. The minimum absolute atomic E-state index is 0.0514. The van der Waals surface area contributed by atoms with E-state index < -0.39 is 17.7 Å². The smallest absolute Gasteiger partial charge is 0.416 e. The average Bonchev–Trinajstić information content (AvgIpc) is 3.14. The lowest BCUT2D eigenvalue weighted by molar-refractivity contribution is -0.137. The number of benzene rings is 2. The van der Waals surface area contributed by atoms with Crippen molar-refractivity contribution >= 4 is 21.9 Å². The fraction of sp³-hybridized carbons (Fsp3) is 0.176. The van der Waals surface area contributed by atoms with Crippen LogP contribution in [-0.2, 0) is 17.5 Å². The van der Waals surface area contributed by atoms with E-state index in [1.54, 1.807) is 12.1 Å². The topological polar surface area (TPSA) is 79.1 Å². The second kappa shape index (κ2) is 7.97. The van der Waals surface area contributed by atoms with Crippen LogP contribution in [0.2, 0.25) is 0 Å². The highest BCUT2D eigenvalue weighted by molar-refractivity contribution is 9.10. The molecule has 0 radical (unpaired) electrons. The first kappa shape index (κ1) is 19.8. The molecule has 0 aliphatic carbocycles. The maximum absolute atomic E-state index is 12.7. The highest BCUT2D eigenvalue weighted by atomic mass is 79.9. The first-order valence-corrected chi connectivity index (χ1v) is 8.54. The lowest BCUT2D eigenvalue weighted by Gasteiger charge is -2.10. The Morgan fingerprint density at radius 3 is 2.50 bits per heavy atom. The summed E-state index contributed by atoms with van der Waals surface area (Å²) in [5.74, 6) is 0.219. The molecule has 146 valence electrons. The van der Waals surface area contributed by atoms with Gasteiger partial charge in [-0.2, -0.15) is 17.9 Å². The van der Waals surface area contributed by atoms with E-state index in [-0.39, 0.29) is 12.4 Å². The molecule has 3 rings (SSSR count). The van der Waals surface area contributed by atoms with Gasteiger partial charge in [-0.25, -0.2) is 4.79 Å². The van der Waals surface area contributed by atoms with E-state index in [1.165, 1.54) is 30.0 Å². The van der Waals surface area contributed by atoms with E-state index in [9.17, 15) is 18.0 Å². The number of carbonyl (C=O) groups is 1. The summed E-state index contributed by atoms with van der Waals surface area (Å²) in [7, 11) is 1.28. The van der Waals surface area contributed by atoms with Crippen LogP contribution in [-0.4, -0.2) is 33.3 Å². The summed E-state index contributed by atoms with van der Waals surface area (Å²) >= 11 is 3.30. The molecule has 0 saturated carbocycles. The number of esters is 1. The molecule has 0 aliphatic rings. The Labute approximate surface area is 165 Å². The second-order valence-corrected chi connectivity index (χ2v) is 6.33. The molecule has 0 spiro atoms. The van der Waals surface area contributed by atoms with Crippen molar-refractivity contribution in [1.29, 1.82) is 0 Å². The Balaban J connectivity index is 1.75. The predicted octanol–water partition coefficient (Wildman–Crippen LogP) is 3.81. The Morgan fingerprint density at radius 2 is 1.89 bits per heavy atom. The van der Waals surface area contributed by atoms with Gasteiger partial charge in [0.25, 0.3) is 0 Å². The van der Waals surface area contributed by atoms with Crippen LogP contribution in [0.1, 0.15) is 21.7 Å². The number of ether oxygens (including phenoxy) is 2. The summed E-state index contributed by atoms with van der Waals surface area (Å²) in [6.45, 7) is -0.0514. The molecular formula is C17H12BrF3N4O3. The van der Waals surface area contributed by atoms with Gasteiger partial charge in [0.05, 0.1) is 28.4 Å². The summed E-state index contributed by atoms with van der Waals surface area (Å²) in [5.41, 5.74) is -0.0650. The first-order chi connectivity index (χ1) is 13.3.